The third-order valence-corrected chi connectivity index (χ3v) is 11.2. The maximum Gasteiger partial charge on any atom is 0.312 e. The van der Waals surface area contributed by atoms with Gasteiger partial charge in [-0.2, -0.15) is 0 Å². The summed E-state index contributed by atoms with van der Waals surface area (Å²) in [6, 6.07) is 0. The van der Waals surface area contributed by atoms with Crippen LogP contribution in [-0.2, 0) is 23.8 Å². The minimum Gasteiger partial charge on any atom is -0.481 e. The molecule has 6 aliphatic rings. The molecule has 0 aromatic heterocycles. The summed E-state index contributed by atoms with van der Waals surface area (Å²) in [5.74, 6) is 1.50. The molecule has 2 aliphatic heterocycles. The average Bonchev–Trinajstić information content (AvgIpc) is 3.81. The van der Waals surface area contributed by atoms with E-state index in [0.29, 0.717) is 48.1 Å². The molecule has 4 aliphatic carbocycles. The van der Waals surface area contributed by atoms with Gasteiger partial charge < -0.3 is 19.3 Å². The van der Waals surface area contributed by atoms with Crippen LogP contribution in [0.15, 0.2) is 0 Å². The lowest BCUT2D eigenvalue weighted by atomic mass is 9.60. The van der Waals surface area contributed by atoms with Crippen molar-refractivity contribution in [1.82, 2.24) is 0 Å². The summed E-state index contributed by atoms with van der Waals surface area (Å²) in [6.07, 6.45) is 18.3. The Morgan fingerprint density at radius 2 is 1.56 bits per heavy atom. The van der Waals surface area contributed by atoms with Gasteiger partial charge in [-0.05, 0) is 87.9 Å². The lowest BCUT2D eigenvalue weighted by Gasteiger charge is -2.43. The van der Waals surface area contributed by atoms with Crippen molar-refractivity contribution in [2.45, 2.75) is 135 Å². The smallest absolute Gasteiger partial charge is 0.312 e. The second-order valence-electron chi connectivity index (χ2n) is 13.2. The van der Waals surface area contributed by atoms with Crippen molar-refractivity contribution in [1.29, 1.82) is 0 Å². The molecule has 9 unspecified atom stereocenters. The van der Waals surface area contributed by atoms with Gasteiger partial charge in [-0.25, -0.2) is 0 Å². The Morgan fingerprint density at radius 1 is 0.861 bits per heavy atom. The molecular weight excluding hydrogens is 456 g/mol. The largest absolute Gasteiger partial charge is 0.481 e. The van der Waals surface area contributed by atoms with Gasteiger partial charge in [-0.3, -0.25) is 9.59 Å². The zero-order chi connectivity index (χ0) is 25.5. The fraction of sp³-hybridized carbons (Fsp3) is 0.933. The van der Waals surface area contributed by atoms with Crippen molar-refractivity contribution in [3.63, 3.8) is 0 Å². The van der Waals surface area contributed by atoms with E-state index in [1.54, 1.807) is 0 Å². The molecule has 0 aromatic rings. The fourth-order valence-corrected chi connectivity index (χ4v) is 8.61. The Balaban J connectivity index is 0.000000149. The van der Waals surface area contributed by atoms with Gasteiger partial charge in [0.1, 0.15) is 0 Å². The van der Waals surface area contributed by atoms with Gasteiger partial charge in [0.2, 0.25) is 0 Å². The Morgan fingerprint density at radius 3 is 2.22 bits per heavy atom. The number of carbonyl (C=O) groups is 2. The molecule has 36 heavy (non-hydrogen) atoms. The van der Waals surface area contributed by atoms with Gasteiger partial charge in [0.05, 0.1) is 42.4 Å². The zero-order valence-electron chi connectivity index (χ0n) is 22.7. The molecule has 2 saturated heterocycles. The van der Waals surface area contributed by atoms with Gasteiger partial charge in [0.15, 0.2) is 0 Å². The Kier molecular flexibility index (Phi) is 7.76. The highest BCUT2D eigenvalue weighted by Crippen LogP contribution is 2.54. The average molecular weight is 505 g/mol. The third kappa shape index (κ3) is 5.10. The van der Waals surface area contributed by atoms with Crippen molar-refractivity contribution in [2.75, 3.05) is 7.11 Å². The summed E-state index contributed by atoms with van der Waals surface area (Å²) in [4.78, 5) is 24.2. The number of carbonyl (C=O) groups excluding carboxylic acids is 1. The summed E-state index contributed by atoms with van der Waals surface area (Å²) in [6.45, 7) is 4.43. The van der Waals surface area contributed by atoms with Crippen LogP contribution < -0.4 is 0 Å². The van der Waals surface area contributed by atoms with Crippen LogP contribution in [0, 0.1) is 34.5 Å². The lowest BCUT2D eigenvalue weighted by molar-refractivity contribution is -0.160. The highest BCUT2D eigenvalue weighted by molar-refractivity contribution is 5.77. The summed E-state index contributed by atoms with van der Waals surface area (Å²) in [5.41, 5.74) is -0.675. The molecular formula is C30H48O6. The van der Waals surface area contributed by atoms with Crippen LogP contribution in [0.2, 0.25) is 0 Å². The standard InChI is InChI=1S/C16H26O3.C14H22O3/c1-10-7-13-14(19-13)8-12(10)9-16(15(17)18)6-4-3-5-11(16)2;1-16-13(15)14(10-5-3-2-4-6-10)8-7-11-12(9-14)17-11/h10-14H,3-9H2,1-2H3,(H,17,18);10-12H,2-9H2,1H3. The van der Waals surface area contributed by atoms with Crippen LogP contribution in [0.4, 0.5) is 0 Å². The highest BCUT2D eigenvalue weighted by atomic mass is 16.6. The SMILES string of the molecule is CC1CC2OC2CC1CC1(C(=O)O)CCCCC1C.COC(=O)C1(C2CCCCC2)CCC2OC2C1. The van der Waals surface area contributed by atoms with Crippen molar-refractivity contribution in [3.05, 3.63) is 0 Å². The fourth-order valence-electron chi connectivity index (χ4n) is 8.61. The number of aliphatic carboxylic acids is 1. The molecule has 0 spiro atoms. The highest BCUT2D eigenvalue weighted by Gasteiger charge is 2.57. The van der Waals surface area contributed by atoms with E-state index in [-0.39, 0.29) is 11.4 Å². The van der Waals surface area contributed by atoms with Crippen LogP contribution >= 0.6 is 0 Å². The summed E-state index contributed by atoms with van der Waals surface area (Å²) in [7, 11) is 1.53. The van der Waals surface area contributed by atoms with E-state index in [4.69, 9.17) is 14.2 Å². The zero-order valence-corrected chi connectivity index (χ0v) is 22.7. The Hall–Kier alpha value is -1.14. The number of methoxy groups -OCH3 is 1. The van der Waals surface area contributed by atoms with E-state index in [9.17, 15) is 14.7 Å². The van der Waals surface area contributed by atoms with Crippen molar-refractivity contribution in [2.24, 2.45) is 34.5 Å². The number of ether oxygens (including phenoxy) is 3. The lowest BCUT2D eigenvalue weighted by Crippen LogP contribution is -2.44. The minimum absolute atomic E-state index is 0.0263. The molecule has 2 heterocycles. The molecule has 0 radical (unpaired) electrons. The van der Waals surface area contributed by atoms with Crippen molar-refractivity contribution >= 4 is 11.9 Å². The van der Waals surface area contributed by atoms with Crippen LogP contribution in [0.1, 0.15) is 110 Å². The first kappa shape index (κ1) is 26.5. The number of carboxylic acid groups (broad SMARTS) is 1. The number of esters is 1. The number of fused-ring (bicyclic) bond motifs is 2. The minimum atomic E-state index is -0.550. The molecule has 1 N–H and O–H groups in total. The van der Waals surface area contributed by atoms with Crippen LogP contribution in [0.3, 0.4) is 0 Å². The molecule has 0 aromatic carbocycles. The first-order valence-corrected chi connectivity index (χ1v) is 14.9. The number of carboxylic acids is 1. The predicted molar refractivity (Wildman–Crippen MR) is 136 cm³/mol. The molecule has 0 amide bonds. The van der Waals surface area contributed by atoms with E-state index in [1.165, 1.54) is 45.6 Å². The Bertz CT molecular complexity index is 807. The first-order chi connectivity index (χ1) is 17.3. The second-order valence-corrected chi connectivity index (χ2v) is 13.2. The maximum atomic E-state index is 12.3. The molecule has 4 saturated carbocycles. The molecule has 9 atom stereocenters. The van der Waals surface area contributed by atoms with Crippen LogP contribution in [-0.4, -0.2) is 48.6 Å². The summed E-state index contributed by atoms with van der Waals surface area (Å²) < 4.78 is 16.4. The Labute approximate surface area is 217 Å². The molecule has 6 heteroatoms. The molecule has 6 nitrogen and oxygen atoms in total. The van der Waals surface area contributed by atoms with E-state index in [1.807, 2.05) is 0 Å². The quantitative estimate of drug-likeness (QED) is 0.357. The van der Waals surface area contributed by atoms with Crippen LogP contribution in [0.25, 0.3) is 0 Å². The van der Waals surface area contributed by atoms with Gasteiger partial charge in [-0.1, -0.05) is 46.0 Å². The van der Waals surface area contributed by atoms with E-state index in [2.05, 4.69) is 13.8 Å². The summed E-state index contributed by atoms with van der Waals surface area (Å²) >= 11 is 0. The van der Waals surface area contributed by atoms with Gasteiger partial charge in [0.25, 0.3) is 0 Å². The van der Waals surface area contributed by atoms with Gasteiger partial charge in [0, 0.05) is 0 Å². The molecule has 6 rings (SSSR count). The predicted octanol–water partition coefficient (Wildman–Crippen LogP) is 6.15. The molecule has 0 bridgehead atoms. The summed E-state index contributed by atoms with van der Waals surface area (Å²) in [5, 5.41) is 9.82. The number of hydrogen-bond donors (Lipinski definition) is 1. The van der Waals surface area contributed by atoms with Crippen molar-refractivity contribution < 1.29 is 28.9 Å². The number of hydrogen-bond acceptors (Lipinski definition) is 5. The number of epoxide rings is 2. The van der Waals surface area contributed by atoms with Crippen LogP contribution in [0.5, 0.6) is 0 Å². The third-order valence-electron chi connectivity index (χ3n) is 11.2. The van der Waals surface area contributed by atoms with E-state index < -0.39 is 11.4 Å². The topological polar surface area (TPSA) is 88.7 Å². The normalized spacial score (nSPS) is 45.8. The first-order valence-electron chi connectivity index (χ1n) is 14.9. The van der Waals surface area contributed by atoms with E-state index in [0.717, 1.165) is 57.8 Å². The second kappa shape index (κ2) is 10.6. The molecule has 204 valence electrons. The molecule has 6 fully saturated rings. The van der Waals surface area contributed by atoms with Gasteiger partial charge >= 0.3 is 11.9 Å². The monoisotopic (exact) mass is 504 g/mol. The van der Waals surface area contributed by atoms with Gasteiger partial charge in [-0.15, -0.1) is 0 Å². The maximum absolute atomic E-state index is 12.3. The van der Waals surface area contributed by atoms with Crippen molar-refractivity contribution in [3.8, 4) is 0 Å². The van der Waals surface area contributed by atoms with E-state index >= 15 is 0 Å². The number of rotatable bonds is 5.